The van der Waals surface area contributed by atoms with Crippen LogP contribution in [0.15, 0.2) is 4.52 Å². The van der Waals surface area contributed by atoms with E-state index in [4.69, 9.17) is 9.26 Å². The van der Waals surface area contributed by atoms with E-state index in [1.165, 1.54) is 0 Å². The first-order valence-corrected chi connectivity index (χ1v) is 9.02. The highest BCUT2D eigenvalue weighted by Crippen LogP contribution is 2.41. The van der Waals surface area contributed by atoms with Gasteiger partial charge < -0.3 is 9.26 Å². The molecule has 1 aromatic rings. The number of ether oxygens (including phenoxy) is 1. The molecule has 0 N–H and O–H groups in total. The number of fused-ring (bicyclic) bond motifs is 1. The third-order valence-corrected chi connectivity index (χ3v) is 7.01. The Morgan fingerprint density at radius 2 is 2.00 bits per heavy atom. The van der Waals surface area contributed by atoms with Gasteiger partial charge in [-0.25, -0.2) is 8.42 Å². The van der Waals surface area contributed by atoms with Gasteiger partial charge in [-0.15, -0.1) is 0 Å². The molecule has 21 heavy (non-hydrogen) atoms. The van der Waals surface area contributed by atoms with Crippen molar-refractivity contribution in [3.8, 4) is 0 Å². The van der Waals surface area contributed by atoms with Crippen molar-refractivity contribution in [3.63, 3.8) is 0 Å². The van der Waals surface area contributed by atoms with Crippen molar-refractivity contribution in [2.24, 2.45) is 0 Å². The van der Waals surface area contributed by atoms with Crippen LogP contribution in [0, 0.1) is 6.92 Å². The van der Waals surface area contributed by atoms with E-state index in [0.717, 1.165) is 32.1 Å². The molecule has 0 aromatic carbocycles. The molecule has 0 bridgehead atoms. The van der Waals surface area contributed by atoms with Gasteiger partial charge in [0.2, 0.25) is 10.0 Å². The molecule has 3 atom stereocenters. The van der Waals surface area contributed by atoms with Crippen LogP contribution < -0.4 is 0 Å². The Balaban J connectivity index is 1.49. The number of rotatable bonds is 3. The molecule has 3 aliphatic rings. The summed E-state index contributed by atoms with van der Waals surface area (Å²) in [6.07, 6.45) is 3.63. The molecule has 1 aromatic heterocycles. The van der Waals surface area contributed by atoms with Crippen molar-refractivity contribution < 1.29 is 17.7 Å². The Morgan fingerprint density at radius 1 is 1.19 bits per heavy atom. The second-order valence-electron chi connectivity index (χ2n) is 6.13. The smallest absolute Gasteiger partial charge is 0.255 e. The van der Waals surface area contributed by atoms with Crippen molar-refractivity contribution in [3.05, 3.63) is 11.7 Å². The fourth-order valence-electron chi connectivity index (χ4n) is 3.39. The molecule has 4 rings (SSSR count). The standard InChI is InChI=1S/C13H19N3O4S/c1-8-14-13(20-15-8)12-5-4-10-11(19-12)6-7-16(10)21(17,18)9-2-3-9/h9-12H,2-7H2,1H3/t10-,11-,12-/m1/s1. The zero-order valence-electron chi connectivity index (χ0n) is 11.9. The third kappa shape index (κ3) is 2.29. The molecule has 2 aliphatic heterocycles. The molecule has 0 spiro atoms. The molecule has 116 valence electrons. The molecule has 8 heteroatoms. The lowest BCUT2D eigenvalue weighted by Gasteiger charge is -2.34. The van der Waals surface area contributed by atoms with Gasteiger partial charge in [-0.2, -0.15) is 9.29 Å². The van der Waals surface area contributed by atoms with Crippen molar-refractivity contribution in [2.75, 3.05) is 6.54 Å². The topological polar surface area (TPSA) is 85.5 Å². The summed E-state index contributed by atoms with van der Waals surface area (Å²) in [5.41, 5.74) is 0. The first-order valence-electron chi connectivity index (χ1n) is 7.52. The lowest BCUT2D eigenvalue weighted by Crippen LogP contribution is -2.44. The normalized spacial score (nSPS) is 34.0. The van der Waals surface area contributed by atoms with E-state index in [0.29, 0.717) is 18.3 Å². The van der Waals surface area contributed by atoms with Gasteiger partial charge in [-0.1, -0.05) is 5.16 Å². The molecule has 3 heterocycles. The molecule has 1 saturated carbocycles. The van der Waals surface area contributed by atoms with E-state index in [-0.39, 0.29) is 23.5 Å². The summed E-state index contributed by atoms with van der Waals surface area (Å²) >= 11 is 0. The number of hydrogen-bond donors (Lipinski definition) is 0. The first-order chi connectivity index (χ1) is 10.1. The summed E-state index contributed by atoms with van der Waals surface area (Å²) in [5.74, 6) is 1.11. The monoisotopic (exact) mass is 313 g/mol. The van der Waals surface area contributed by atoms with Crippen molar-refractivity contribution in [1.82, 2.24) is 14.4 Å². The highest BCUT2D eigenvalue weighted by Gasteiger charge is 2.50. The SMILES string of the molecule is Cc1noc([C@H]2CC[C@@H]3[C@@H](CCN3S(=O)(=O)C3CC3)O2)n1. The molecule has 0 unspecified atom stereocenters. The largest absolute Gasteiger partial charge is 0.363 e. The van der Waals surface area contributed by atoms with Crippen LogP contribution in [0.25, 0.3) is 0 Å². The molecular formula is C13H19N3O4S. The number of sulfonamides is 1. The summed E-state index contributed by atoms with van der Waals surface area (Å²) in [6, 6.07) is -0.0177. The number of nitrogens with zero attached hydrogens (tertiary/aromatic N) is 3. The number of aryl methyl sites for hydroxylation is 1. The van der Waals surface area contributed by atoms with Gasteiger partial charge in [0.05, 0.1) is 17.4 Å². The highest BCUT2D eigenvalue weighted by molar-refractivity contribution is 7.90. The quantitative estimate of drug-likeness (QED) is 0.832. The molecule has 3 fully saturated rings. The van der Waals surface area contributed by atoms with Gasteiger partial charge in [-0.05, 0) is 39.0 Å². The van der Waals surface area contributed by atoms with Crippen molar-refractivity contribution >= 4 is 10.0 Å². The molecule has 0 amide bonds. The number of hydrogen-bond acceptors (Lipinski definition) is 6. The molecule has 2 saturated heterocycles. The van der Waals surface area contributed by atoms with Crippen LogP contribution in [0.4, 0.5) is 0 Å². The van der Waals surface area contributed by atoms with Crippen molar-refractivity contribution in [2.45, 2.75) is 62.5 Å². The Morgan fingerprint density at radius 3 is 2.67 bits per heavy atom. The van der Waals surface area contributed by atoms with E-state index >= 15 is 0 Å². The second-order valence-corrected chi connectivity index (χ2v) is 8.30. The van der Waals surface area contributed by atoms with Crippen LogP contribution in [-0.4, -0.2) is 46.8 Å². The molecular weight excluding hydrogens is 294 g/mol. The Labute approximate surface area is 123 Å². The van der Waals surface area contributed by atoms with Gasteiger partial charge in [0.25, 0.3) is 5.89 Å². The zero-order valence-corrected chi connectivity index (χ0v) is 12.8. The summed E-state index contributed by atoms with van der Waals surface area (Å²) < 4.78 is 37.8. The summed E-state index contributed by atoms with van der Waals surface area (Å²) in [6.45, 7) is 2.35. The lowest BCUT2D eigenvalue weighted by atomic mass is 10.00. The Bertz CT molecular complexity index is 640. The van der Waals surface area contributed by atoms with Crippen LogP contribution in [0.5, 0.6) is 0 Å². The van der Waals surface area contributed by atoms with E-state index in [2.05, 4.69) is 10.1 Å². The maximum Gasteiger partial charge on any atom is 0.255 e. The van der Waals surface area contributed by atoms with Crippen LogP contribution in [0.2, 0.25) is 0 Å². The second kappa shape index (κ2) is 4.76. The van der Waals surface area contributed by atoms with Crippen molar-refractivity contribution in [1.29, 1.82) is 0 Å². The molecule has 1 aliphatic carbocycles. The van der Waals surface area contributed by atoms with Gasteiger partial charge in [0.1, 0.15) is 6.10 Å². The van der Waals surface area contributed by atoms with Crippen LogP contribution in [0.3, 0.4) is 0 Å². The fraction of sp³-hybridized carbons (Fsp3) is 0.846. The van der Waals surface area contributed by atoms with Crippen LogP contribution >= 0.6 is 0 Å². The predicted molar refractivity (Wildman–Crippen MR) is 72.9 cm³/mol. The molecule has 0 radical (unpaired) electrons. The zero-order chi connectivity index (χ0) is 14.6. The average Bonchev–Trinajstić information content (AvgIpc) is 3.10. The van der Waals surface area contributed by atoms with Crippen LogP contribution in [0.1, 0.15) is 49.9 Å². The van der Waals surface area contributed by atoms with Gasteiger partial charge in [-0.3, -0.25) is 0 Å². The third-order valence-electron chi connectivity index (χ3n) is 4.59. The summed E-state index contributed by atoms with van der Waals surface area (Å²) in [5, 5.41) is 3.64. The van der Waals surface area contributed by atoms with E-state index < -0.39 is 10.0 Å². The molecule has 7 nitrogen and oxygen atoms in total. The van der Waals surface area contributed by atoms with Gasteiger partial charge in [0.15, 0.2) is 5.82 Å². The first kappa shape index (κ1) is 13.7. The maximum atomic E-state index is 12.4. The average molecular weight is 313 g/mol. The highest BCUT2D eigenvalue weighted by atomic mass is 32.2. The minimum absolute atomic E-state index is 0.0177. The van der Waals surface area contributed by atoms with E-state index in [1.807, 2.05) is 0 Å². The Kier molecular flexibility index (Phi) is 3.09. The maximum absolute atomic E-state index is 12.4. The van der Waals surface area contributed by atoms with E-state index in [9.17, 15) is 8.42 Å². The van der Waals surface area contributed by atoms with Crippen LogP contribution in [-0.2, 0) is 14.8 Å². The van der Waals surface area contributed by atoms with Gasteiger partial charge >= 0.3 is 0 Å². The van der Waals surface area contributed by atoms with E-state index in [1.54, 1.807) is 11.2 Å². The predicted octanol–water partition coefficient (Wildman–Crippen LogP) is 1.16. The van der Waals surface area contributed by atoms with Gasteiger partial charge in [0, 0.05) is 6.54 Å². The minimum atomic E-state index is -3.11. The summed E-state index contributed by atoms with van der Waals surface area (Å²) in [7, 11) is -3.11. The fourth-order valence-corrected chi connectivity index (χ4v) is 5.48. The summed E-state index contributed by atoms with van der Waals surface area (Å²) in [4.78, 5) is 4.22. The number of aromatic nitrogens is 2. The minimum Gasteiger partial charge on any atom is -0.363 e. The Hall–Kier alpha value is -0.990. The lowest BCUT2D eigenvalue weighted by molar-refractivity contribution is -0.0753.